The quantitative estimate of drug-likeness (QED) is 0.585. The molecule has 0 fully saturated rings. The fraction of sp³-hybridized carbons (Fsp3) is 0.176. The standard InChI is InChI=1S/C17H12F4N3O.Y/c18-12-8-4-5-9-13(12)22-16(25)14-10-15(17(19,20)21)23-24(14)11-6-2-1-3-7-11;/h1-3,5-9,14H,10H2,(H,22,25);/q-1;. The van der Waals surface area contributed by atoms with E-state index in [1.54, 1.807) is 30.3 Å². The Morgan fingerprint density at radius 3 is 2.54 bits per heavy atom. The van der Waals surface area contributed by atoms with E-state index in [1.807, 2.05) is 0 Å². The predicted molar refractivity (Wildman–Crippen MR) is 84.7 cm³/mol. The van der Waals surface area contributed by atoms with Gasteiger partial charge in [0.05, 0.1) is 5.69 Å². The van der Waals surface area contributed by atoms with Crippen LogP contribution < -0.4 is 10.3 Å². The Balaban J connectivity index is 0.00000243. The number of hydrogen-bond donors (Lipinski definition) is 1. The topological polar surface area (TPSA) is 44.7 Å². The van der Waals surface area contributed by atoms with Gasteiger partial charge in [-0.3, -0.25) is 14.2 Å². The minimum Gasteiger partial charge on any atom is -0.345 e. The molecule has 2 aromatic rings. The minimum atomic E-state index is -4.64. The van der Waals surface area contributed by atoms with Gasteiger partial charge >= 0.3 is 6.18 Å². The Hall–Kier alpha value is -1.80. The number of amides is 1. The second-order valence-corrected chi connectivity index (χ2v) is 5.34. The first-order valence-corrected chi connectivity index (χ1v) is 7.31. The number of rotatable bonds is 3. The van der Waals surface area contributed by atoms with Gasteiger partial charge in [-0.2, -0.15) is 30.4 Å². The van der Waals surface area contributed by atoms with Crippen molar-refractivity contribution in [3.63, 3.8) is 0 Å². The molecule has 0 saturated heterocycles. The first-order valence-electron chi connectivity index (χ1n) is 7.31. The van der Waals surface area contributed by atoms with E-state index in [9.17, 15) is 22.4 Å². The number of carbonyl (C=O) groups is 1. The molecule has 133 valence electrons. The van der Waals surface area contributed by atoms with E-state index in [4.69, 9.17) is 0 Å². The van der Waals surface area contributed by atoms with E-state index in [1.165, 1.54) is 12.1 Å². The van der Waals surface area contributed by atoms with Gasteiger partial charge in [-0.25, -0.2) is 0 Å². The molecule has 0 aromatic heterocycles. The average Bonchev–Trinajstić information content (AvgIpc) is 3.03. The summed E-state index contributed by atoms with van der Waals surface area (Å²) in [4.78, 5) is 12.5. The third-order valence-corrected chi connectivity index (χ3v) is 3.63. The number of anilines is 2. The third kappa shape index (κ3) is 4.48. The number of nitrogens with zero attached hydrogens (tertiary/aromatic N) is 2. The van der Waals surface area contributed by atoms with Crippen LogP contribution in [0.15, 0.2) is 53.6 Å². The van der Waals surface area contributed by atoms with Crippen LogP contribution in [-0.2, 0) is 37.5 Å². The summed E-state index contributed by atoms with van der Waals surface area (Å²) in [6, 6.07) is 13.0. The molecule has 1 atom stereocenters. The van der Waals surface area contributed by atoms with E-state index in [0.717, 1.165) is 11.1 Å². The Kier molecular flexibility index (Phi) is 6.52. The van der Waals surface area contributed by atoms with Crippen LogP contribution in [0.25, 0.3) is 0 Å². The summed E-state index contributed by atoms with van der Waals surface area (Å²) in [6.07, 6.45) is -5.26. The zero-order chi connectivity index (χ0) is 18.0. The van der Waals surface area contributed by atoms with Crippen LogP contribution in [0.2, 0.25) is 0 Å². The Labute approximate surface area is 172 Å². The normalized spacial score (nSPS) is 16.7. The van der Waals surface area contributed by atoms with E-state index in [0.29, 0.717) is 5.69 Å². The first-order chi connectivity index (χ1) is 11.9. The van der Waals surface area contributed by atoms with Crippen LogP contribution in [0, 0.1) is 11.9 Å². The molecular formula is C17H12F4N3OY-. The zero-order valence-electron chi connectivity index (χ0n) is 13.3. The molecule has 1 unspecified atom stereocenters. The molecule has 1 heterocycles. The molecule has 0 aliphatic carbocycles. The molecule has 1 radical (unpaired) electrons. The number of hydrazone groups is 1. The number of nitrogens with one attached hydrogen (secondary N) is 1. The second kappa shape index (κ2) is 8.26. The Bertz CT molecular complexity index is 811. The molecule has 26 heavy (non-hydrogen) atoms. The van der Waals surface area contributed by atoms with E-state index in [-0.39, 0.29) is 38.4 Å². The molecule has 4 nitrogen and oxygen atoms in total. The van der Waals surface area contributed by atoms with Gasteiger partial charge in [0.2, 0.25) is 5.91 Å². The summed E-state index contributed by atoms with van der Waals surface area (Å²) >= 11 is 0. The predicted octanol–water partition coefficient (Wildman–Crippen LogP) is 3.76. The maximum absolute atomic E-state index is 13.7. The summed E-state index contributed by atoms with van der Waals surface area (Å²) in [5.41, 5.74) is -0.848. The molecule has 1 amide bonds. The van der Waals surface area contributed by atoms with Crippen LogP contribution >= 0.6 is 0 Å². The minimum absolute atomic E-state index is 0. The van der Waals surface area contributed by atoms with Crippen molar-refractivity contribution in [2.75, 3.05) is 10.3 Å². The Morgan fingerprint density at radius 2 is 1.92 bits per heavy atom. The largest absolute Gasteiger partial charge is 0.431 e. The van der Waals surface area contributed by atoms with E-state index in [2.05, 4.69) is 16.5 Å². The van der Waals surface area contributed by atoms with Gasteiger partial charge in [0.15, 0.2) is 0 Å². The smallest absolute Gasteiger partial charge is 0.345 e. The number of carbonyl (C=O) groups excluding carboxylic acids is 1. The summed E-state index contributed by atoms with van der Waals surface area (Å²) in [6.45, 7) is 0. The van der Waals surface area contributed by atoms with Crippen LogP contribution in [0.1, 0.15) is 6.42 Å². The molecule has 1 aliphatic rings. The van der Waals surface area contributed by atoms with Gasteiger partial charge in [-0.1, -0.05) is 18.2 Å². The van der Waals surface area contributed by atoms with Crippen molar-refractivity contribution < 1.29 is 55.1 Å². The van der Waals surface area contributed by atoms with Crippen molar-refractivity contribution >= 4 is 23.0 Å². The second-order valence-electron chi connectivity index (χ2n) is 5.34. The van der Waals surface area contributed by atoms with Crippen LogP contribution in [0.5, 0.6) is 0 Å². The molecular weight excluding hydrogens is 427 g/mol. The fourth-order valence-corrected chi connectivity index (χ4v) is 2.43. The number of para-hydroxylation sites is 1. The molecule has 0 saturated carbocycles. The number of alkyl halides is 3. The number of benzene rings is 2. The average molecular weight is 439 g/mol. The van der Waals surface area contributed by atoms with Gasteiger partial charge in [0.1, 0.15) is 11.8 Å². The van der Waals surface area contributed by atoms with E-state index >= 15 is 0 Å². The van der Waals surface area contributed by atoms with Gasteiger partial charge in [0.25, 0.3) is 0 Å². The SMILES string of the molecule is O=C(Nc1cc[c-]cc1F)C1CC(C(F)(F)F)=NN1c1ccccc1.[Y]. The van der Waals surface area contributed by atoms with Gasteiger partial charge in [0, 0.05) is 44.9 Å². The van der Waals surface area contributed by atoms with Crippen LogP contribution in [0.3, 0.4) is 0 Å². The van der Waals surface area contributed by atoms with Gasteiger partial charge in [-0.05, 0) is 17.8 Å². The molecule has 2 aromatic carbocycles. The van der Waals surface area contributed by atoms with E-state index < -0.39 is 36.1 Å². The summed E-state index contributed by atoms with van der Waals surface area (Å²) in [7, 11) is 0. The molecule has 0 bridgehead atoms. The number of halogens is 4. The van der Waals surface area contributed by atoms with Crippen LogP contribution in [0.4, 0.5) is 28.9 Å². The monoisotopic (exact) mass is 439 g/mol. The molecule has 3 rings (SSSR count). The molecule has 9 heteroatoms. The summed E-state index contributed by atoms with van der Waals surface area (Å²) in [5.74, 6) is -1.51. The van der Waals surface area contributed by atoms with Crippen molar-refractivity contribution in [1.29, 1.82) is 0 Å². The van der Waals surface area contributed by atoms with Crippen molar-refractivity contribution in [2.24, 2.45) is 5.10 Å². The first kappa shape index (κ1) is 20.5. The van der Waals surface area contributed by atoms with Crippen molar-refractivity contribution in [3.05, 3.63) is 60.4 Å². The van der Waals surface area contributed by atoms with Gasteiger partial charge < -0.3 is 5.32 Å². The van der Waals surface area contributed by atoms with Gasteiger partial charge in [-0.15, -0.1) is 12.1 Å². The maximum Gasteiger partial charge on any atom is 0.431 e. The van der Waals surface area contributed by atoms with Crippen molar-refractivity contribution in [1.82, 2.24) is 0 Å². The van der Waals surface area contributed by atoms with Crippen molar-refractivity contribution in [3.8, 4) is 0 Å². The maximum atomic E-state index is 13.7. The summed E-state index contributed by atoms with van der Waals surface area (Å²) in [5, 5.41) is 6.87. The zero-order valence-corrected chi connectivity index (χ0v) is 16.1. The molecule has 1 N–H and O–H groups in total. The molecule has 0 spiro atoms. The molecule has 1 aliphatic heterocycles. The van der Waals surface area contributed by atoms with Crippen LogP contribution in [-0.4, -0.2) is 23.8 Å². The van der Waals surface area contributed by atoms with Crippen molar-refractivity contribution in [2.45, 2.75) is 18.6 Å². The number of hydrogen-bond acceptors (Lipinski definition) is 3. The third-order valence-electron chi connectivity index (χ3n) is 3.63. The summed E-state index contributed by atoms with van der Waals surface area (Å²) < 4.78 is 52.7. The Morgan fingerprint density at radius 1 is 1.23 bits per heavy atom. The fourth-order valence-electron chi connectivity index (χ4n) is 2.43.